The molecule has 2 amide bonds. The van der Waals surface area contributed by atoms with Crippen molar-refractivity contribution < 1.29 is 9.59 Å². The standard InChI is InChI=1S/C13H13N3O2S/c14-9-3-1-2-8(6-9)7-11(17)16-13-10(12(15)18)4-5-19-13/h1-6H,7,14H2,(H2,15,18)(H,16,17). The molecule has 6 heteroatoms. The normalized spacial score (nSPS) is 10.1. The first-order chi connectivity index (χ1) is 9.06. The van der Waals surface area contributed by atoms with Crippen LogP contribution in [0.4, 0.5) is 10.7 Å². The molecule has 0 aliphatic rings. The van der Waals surface area contributed by atoms with Crippen molar-refractivity contribution in [3.63, 3.8) is 0 Å². The highest BCUT2D eigenvalue weighted by molar-refractivity contribution is 7.14. The van der Waals surface area contributed by atoms with Gasteiger partial charge in [0.1, 0.15) is 5.00 Å². The molecule has 0 saturated carbocycles. The molecule has 0 aliphatic heterocycles. The number of benzene rings is 1. The first-order valence-electron chi connectivity index (χ1n) is 5.58. The zero-order chi connectivity index (χ0) is 13.8. The van der Waals surface area contributed by atoms with E-state index in [4.69, 9.17) is 11.5 Å². The predicted molar refractivity (Wildman–Crippen MR) is 76.0 cm³/mol. The van der Waals surface area contributed by atoms with E-state index in [1.807, 2.05) is 6.07 Å². The molecular weight excluding hydrogens is 262 g/mol. The first-order valence-corrected chi connectivity index (χ1v) is 6.46. The van der Waals surface area contributed by atoms with Crippen molar-refractivity contribution in [1.82, 2.24) is 0 Å². The van der Waals surface area contributed by atoms with Crippen LogP contribution in [0.15, 0.2) is 35.7 Å². The fraction of sp³-hybridized carbons (Fsp3) is 0.0769. The van der Waals surface area contributed by atoms with Crippen LogP contribution < -0.4 is 16.8 Å². The van der Waals surface area contributed by atoms with Crippen LogP contribution in [0, 0.1) is 0 Å². The zero-order valence-electron chi connectivity index (χ0n) is 10.1. The Balaban J connectivity index is 2.05. The number of rotatable bonds is 4. The van der Waals surface area contributed by atoms with Crippen LogP contribution in [0.1, 0.15) is 15.9 Å². The smallest absolute Gasteiger partial charge is 0.251 e. The summed E-state index contributed by atoms with van der Waals surface area (Å²) in [6.45, 7) is 0. The summed E-state index contributed by atoms with van der Waals surface area (Å²) in [5, 5.41) is 4.86. The maximum Gasteiger partial charge on any atom is 0.251 e. The van der Waals surface area contributed by atoms with E-state index in [-0.39, 0.29) is 12.3 Å². The van der Waals surface area contributed by atoms with E-state index in [9.17, 15) is 9.59 Å². The average Bonchev–Trinajstić information content (AvgIpc) is 2.76. The quantitative estimate of drug-likeness (QED) is 0.739. The lowest BCUT2D eigenvalue weighted by atomic mass is 10.1. The number of nitrogen functional groups attached to an aromatic ring is 1. The minimum absolute atomic E-state index is 0.196. The Hall–Kier alpha value is -2.34. The Kier molecular flexibility index (Phi) is 3.82. The Morgan fingerprint density at radius 3 is 2.74 bits per heavy atom. The number of hydrogen-bond acceptors (Lipinski definition) is 4. The molecule has 0 fully saturated rings. The molecule has 0 radical (unpaired) electrons. The van der Waals surface area contributed by atoms with Gasteiger partial charge in [-0.2, -0.15) is 0 Å². The van der Waals surface area contributed by atoms with Crippen LogP contribution in [-0.4, -0.2) is 11.8 Å². The summed E-state index contributed by atoms with van der Waals surface area (Å²) >= 11 is 1.26. The molecule has 5 nitrogen and oxygen atoms in total. The van der Waals surface area contributed by atoms with Crippen molar-refractivity contribution in [2.75, 3.05) is 11.1 Å². The number of nitrogens with one attached hydrogen (secondary N) is 1. The van der Waals surface area contributed by atoms with Gasteiger partial charge < -0.3 is 16.8 Å². The molecule has 2 aromatic rings. The molecule has 0 unspecified atom stereocenters. The van der Waals surface area contributed by atoms with Crippen LogP contribution in [-0.2, 0) is 11.2 Å². The largest absolute Gasteiger partial charge is 0.399 e. The highest BCUT2D eigenvalue weighted by atomic mass is 32.1. The Morgan fingerprint density at radius 2 is 2.05 bits per heavy atom. The van der Waals surface area contributed by atoms with Crippen molar-refractivity contribution in [3.05, 3.63) is 46.8 Å². The maximum atomic E-state index is 11.9. The van der Waals surface area contributed by atoms with Gasteiger partial charge in [0.05, 0.1) is 12.0 Å². The van der Waals surface area contributed by atoms with Crippen LogP contribution in [0.3, 0.4) is 0 Å². The van der Waals surface area contributed by atoms with E-state index >= 15 is 0 Å². The number of amides is 2. The second-order valence-electron chi connectivity index (χ2n) is 4.00. The number of carbonyl (C=O) groups is 2. The summed E-state index contributed by atoms with van der Waals surface area (Å²) in [5.41, 5.74) is 12.6. The Bertz CT molecular complexity index is 622. The van der Waals surface area contributed by atoms with Gasteiger partial charge in [-0.3, -0.25) is 9.59 Å². The lowest BCUT2D eigenvalue weighted by Gasteiger charge is -2.05. The fourth-order valence-electron chi connectivity index (χ4n) is 1.66. The lowest BCUT2D eigenvalue weighted by molar-refractivity contribution is -0.115. The minimum Gasteiger partial charge on any atom is -0.399 e. The summed E-state index contributed by atoms with van der Waals surface area (Å²) < 4.78 is 0. The number of primary amides is 1. The predicted octanol–water partition coefficient (Wildman–Crippen LogP) is 1.61. The average molecular weight is 275 g/mol. The van der Waals surface area contributed by atoms with Gasteiger partial charge in [-0.05, 0) is 29.1 Å². The number of anilines is 2. The molecule has 0 bridgehead atoms. The third-order valence-electron chi connectivity index (χ3n) is 2.50. The summed E-state index contributed by atoms with van der Waals surface area (Å²) in [6, 6.07) is 8.69. The fourth-order valence-corrected chi connectivity index (χ4v) is 2.47. The van der Waals surface area contributed by atoms with Crippen molar-refractivity contribution >= 4 is 33.8 Å². The third-order valence-corrected chi connectivity index (χ3v) is 3.33. The minimum atomic E-state index is -0.555. The van der Waals surface area contributed by atoms with Crippen molar-refractivity contribution in [2.24, 2.45) is 5.73 Å². The van der Waals surface area contributed by atoms with E-state index < -0.39 is 5.91 Å². The molecule has 0 saturated heterocycles. The van der Waals surface area contributed by atoms with E-state index in [0.717, 1.165) is 5.56 Å². The molecule has 1 aromatic carbocycles. The molecule has 98 valence electrons. The van der Waals surface area contributed by atoms with Crippen molar-refractivity contribution in [3.8, 4) is 0 Å². The molecule has 1 heterocycles. The molecule has 0 atom stereocenters. The first kappa shape index (κ1) is 13.1. The summed E-state index contributed by atoms with van der Waals surface area (Å²) in [4.78, 5) is 23.0. The second kappa shape index (κ2) is 5.53. The molecule has 0 aliphatic carbocycles. The van der Waals surface area contributed by atoms with Crippen molar-refractivity contribution in [2.45, 2.75) is 6.42 Å². The topological polar surface area (TPSA) is 98.2 Å². The second-order valence-corrected chi connectivity index (χ2v) is 4.91. The third kappa shape index (κ3) is 3.32. The van der Waals surface area contributed by atoms with Crippen LogP contribution in [0.5, 0.6) is 0 Å². The summed E-state index contributed by atoms with van der Waals surface area (Å²) in [6.07, 6.45) is 0.196. The Labute approximate surface area is 114 Å². The summed E-state index contributed by atoms with van der Waals surface area (Å²) in [5.74, 6) is -0.768. The van der Waals surface area contributed by atoms with Crippen molar-refractivity contribution in [1.29, 1.82) is 0 Å². The maximum absolute atomic E-state index is 11.9. The number of hydrogen-bond donors (Lipinski definition) is 3. The van der Waals surface area contributed by atoms with E-state index in [2.05, 4.69) is 5.32 Å². The van der Waals surface area contributed by atoms with E-state index in [1.165, 1.54) is 11.3 Å². The lowest BCUT2D eigenvalue weighted by Crippen LogP contribution is -2.17. The van der Waals surface area contributed by atoms with Gasteiger partial charge >= 0.3 is 0 Å². The van der Waals surface area contributed by atoms with Gasteiger partial charge in [-0.25, -0.2) is 0 Å². The monoisotopic (exact) mass is 275 g/mol. The van der Waals surface area contributed by atoms with Gasteiger partial charge in [0.2, 0.25) is 5.91 Å². The molecule has 5 N–H and O–H groups in total. The van der Waals surface area contributed by atoms with Gasteiger partial charge in [0.25, 0.3) is 5.91 Å². The van der Waals surface area contributed by atoms with Crippen LogP contribution >= 0.6 is 11.3 Å². The number of carbonyl (C=O) groups excluding carboxylic acids is 2. The molecule has 1 aromatic heterocycles. The number of thiophene rings is 1. The van der Waals surface area contributed by atoms with Gasteiger partial charge in [0.15, 0.2) is 0 Å². The highest BCUT2D eigenvalue weighted by Crippen LogP contribution is 2.22. The van der Waals surface area contributed by atoms with E-state index in [0.29, 0.717) is 16.3 Å². The SMILES string of the molecule is NC(=O)c1ccsc1NC(=O)Cc1cccc(N)c1. The zero-order valence-corrected chi connectivity index (χ0v) is 10.9. The summed E-state index contributed by atoms with van der Waals surface area (Å²) in [7, 11) is 0. The van der Waals surface area contributed by atoms with Crippen LogP contribution in [0.2, 0.25) is 0 Å². The molecule has 0 spiro atoms. The molecule has 19 heavy (non-hydrogen) atoms. The van der Waals surface area contributed by atoms with Crippen LogP contribution in [0.25, 0.3) is 0 Å². The Morgan fingerprint density at radius 1 is 1.26 bits per heavy atom. The van der Waals surface area contributed by atoms with Gasteiger partial charge in [0, 0.05) is 5.69 Å². The highest BCUT2D eigenvalue weighted by Gasteiger charge is 2.12. The van der Waals surface area contributed by atoms with E-state index in [1.54, 1.807) is 29.6 Å². The molecule has 2 rings (SSSR count). The number of nitrogens with two attached hydrogens (primary N) is 2. The molecular formula is C13H13N3O2S. The van der Waals surface area contributed by atoms with Gasteiger partial charge in [-0.1, -0.05) is 12.1 Å². The van der Waals surface area contributed by atoms with Gasteiger partial charge in [-0.15, -0.1) is 11.3 Å².